The van der Waals surface area contributed by atoms with Gasteiger partial charge in [-0.25, -0.2) is 9.59 Å². The summed E-state index contributed by atoms with van der Waals surface area (Å²) in [5, 5.41) is 5.76. The maximum absolute atomic E-state index is 12.2. The number of anilines is 2. The van der Waals surface area contributed by atoms with Crippen LogP contribution in [0.4, 0.5) is 16.2 Å². The quantitative estimate of drug-likeness (QED) is 0.681. The molecular formula is C21H23ClN2O5. The van der Waals surface area contributed by atoms with E-state index in [1.807, 2.05) is 0 Å². The molecule has 2 rings (SSSR count). The maximum Gasteiger partial charge on any atom is 0.412 e. The fourth-order valence-electron chi connectivity index (χ4n) is 2.31. The summed E-state index contributed by atoms with van der Waals surface area (Å²) in [5.74, 6) is -1.17. The van der Waals surface area contributed by atoms with E-state index in [1.165, 1.54) is 12.1 Å². The molecule has 0 heterocycles. The van der Waals surface area contributed by atoms with Crippen molar-refractivity contribution in [2.75, 3.05) is 17.2 Å². The number of benzene rings is 2. The summed E-state index contributed by atoms with van der Waals surface area (Å²) >= 11 is 5.88. The van der Waals surface area contributed by atoms with Crippen molar-refractivity contribution in [2.45, 2.75) is 33.3 Å². The van der Waals surface area contributed by atoms with Crippen molar-refractivity contribution >= 4 is 40.9 Å². The molecule has 29 heavy (non-hydrogen) atoms. The van der Waals surface area contributed by atoms with Gasteiger partial charge in [0.2, 0.25) is 0 Å². The van der Waals surface area contributed by atoms with Crippen LogP contribution in [-0.2, 0) is 14.3 Å². The van der Waals surface area contributed by atoms with E-state index in [0.717, 1.165) is 5.56 Å². The minimum absolute atomic E-state index is 0.189. The molecule has 8 heteroatoms. The van der Waals surface area contributed by atoms with Crippen molar-refractivity contribution in [3.63, 3.8) is 0 Å². The molecule has 0 saturated carbocycles. The standard InChI is InChI=1S/C21H23ClN2O5/c1-13-10-15(22)8-9-17(13)24-18(25)12-28-19(26)14-6-5-7-16(11-14)23-20(27)29-21(2,3)4/h5-11H,12H2,1-4H3,(H,23,27)(H,24,25). The Morgan fingerprint density at radius 1 is 1.03 bits per heavy atom. The molecule has 0 aliphatic rings. The molecule has 2 amide bonds. The van der Waals surface area contributed by atoms with Gasteiger partial charge in [0.25, 0.3) is 5.91 Å². The maximum atomic E-state index is 12.2. The molecule has 2 N–H and O–H groups in total. The monoisotopic (exact) mass is 418 g/mol. The first kappa shape index (κ1) is 22.2. The van der Waals surface area contributed by atoms with Crippen LogP contribution in [0.3, 0.4) is 0 Å². The van der Waals surface area contributed by atoms with Gasteiger partial charge in [-0.2, -0.15) is 0 Å². The molecule has 0 spiro atoms. The lowest BCUT2D eigenvalue weighted by molar-refractivity contribution is -0.119. The van der Waals surface area contributed by atoms with Gasteiger partial charge in [0, 0.05) is 16.4 Å². The Morgan fingerprint density at radius 2 is 1.76 bits per heavy atom. The fourth-order valence-corrected chi connectivity index (χ4v) is 2.54. The SMILES string of the molecule is Cc1cc(Cl)ccc1NC(=O)COC(=O)c1cccc(NC(=O)OC(C)(C)C)c1. The van der Waals surface area contributed by atoms with Gasteiger partial charge >= 0.3 is 12.1 Å². The molecule has 2 aromatic rings. The van der Waals surface area contributed by atoms with Crippen molar-refractivity contribution in [1.82, 2.24) is 0 Å². The molecule has 0 aromatic heterocycles. The van der Waals surface area contributed by atoms with Crippen molar-refractivity contribution in [1.29, 1.82) is 0 Å². The minimum atomic E-state index is -0.694. The van der Waals surface area contributed by atoms with Gasteiger partial charge in [0.15, 0.2) is 6.61 Å². The normalized spacial score (nSPS) is 10.8. The molecule has 154 valence electrons. The number of hydrogen-bond acceptors (Lipinski definition) is 5. The molecule has 0 aliphatic carbocycles. The Labute approximate surface area is 174 Å². The third-order valence-electron chi connectivity index (χ3n) is 3.54. The van der Waals surface area contributed by atoms with Gasteiger partial charge in [-0.3, -0.25) is 10.1 Å². The van der Waals surface area contributed by atoms with Crippen molar-refractivity contribution < 1.29 is 23.9 Å². The molecule has 0 saturated heterocycles. The van der Waals surface area contributed by atoms with Gasteiger partial charge < -0.3 is 14.8 Å². The summed E-state index contributed by atoms with van der Waals surface area (Å²) in [6, 6.07) is 11.2. The molecule has 0 unspecified atom stereocenters. The molecule has 7 nitrogen and oxygen atoms in total. The summed E-state index contributed by atoms with van der Waals surface area (Å²) in [6.07, 6.45) is -0.638. The van der Waals surface area contributed by atoms with Crippen LogP contribution in [0.5, 0.6) is 0 Å². The summed E-state index contributed by atoms with van der Waals surface area (Å²) < 4.78 is 10.2. The summed E-state index contributed by atoms with van der Waals surface area (Å²) in [5.41, 5.74) is 1.29. The number of hydrogen-bond donors (Lipinski definition) is 2. The zero-order chi connectivity index (χ0) is 21.6. The first-order valence-corrected chi connectivity index (χ1v) is 9.24. The third-order valence-corrected chi connectivity index (χ3v) is 3.78. The van der Waals surface area contributed by atoms with Crippen LogP contribution in [0.15, 0.2) is 42.5 Å². The average molecular weight is 419 g/mol. The van der Waals surface area contributed by atoms with Crippen LogP contribution in [0.25, 0.3) is 0 Å². The Hall–Kier alpha value is -3.06. The summed E-state index contributed by atoms with van der Waals surface area (Å²) in [6.45, 7) is 6.59. The fraction of sp³-hybridized carbons (Fsp3) is 0.286. The number of nitrogens with one attached hydrogen (secondary N) is 2. The molecule has 0 bridgehead atoms. The van der Waals surface area contributed by atoms with Crippen LogP contribution in [0.1, 0.15) is 36.7 Å². The minimum Gasteiger partial charge on any atom is -0.452 e. The lowest BCUT2D eigenvalue weighted by atomic mass is 10.2. The second kappa shape index (κ2) is 9.43. The number of aryl methyl sites for hydroxylation is 1. The third kappa shape index (κ3) is 7.46. The second-order valence-electron chi connectivity index (χ2n) is 7.29. The van der Waals surface area contributed by atoms with E-state index in [9.17, 15) is 14.4 Å². The van der Waals surface area contributed by atoms with E-state index in [1.54, 1.807) is 58.0 Å². The number of amides is 2. The number of carbonyl (C=O) groups is 3. The van der Waals surface area contributed by atoms with E-state index in [2.05, 4.69) is 10.6 Å². The van der Waals surface area contributed by atoms with E-state index in [0.29, 0.717) is 16.4 Å². The molecule has 0 radical (unpaired) electrons. The highest BCUT2D eigenvalue weighted by Crippen LogP contribution is 2.19. The van der Waals surface area contributed by atoms with Crippen LogP contribution in [0, 0.1) is 6.92 Å². The second-order valence-corrected chi connectivity index (χ2v) is 7.73. The van der Waals surface area contributed by atoms with Crippen molar-refractivity contribution in [3.8, 4) is 0 Å². The molecular weight excluding hydrogens is 396 g/mol. The first-order valence-electron chi connectivity index (χ1n) is 8.87. The molecule has 2 aromatic carbocycles. The molecule has 0 aliphatic heterocycles. The Morgan fingerprint density at radius 3 is 2.41 bits per heavy atom. The lowest BCUT2D eigenvalue weighted by Gasteiger charge is -2.19. The van der Waals surface area contributed by atoms with Gasteiger partial charge in [0.1, 0.15) is 5.60 Å². The average Bonchev–Trinajstić information content (AvgIpc) is 2.60. The Balaban J connectivity index is 1.92. The predicted molar refractivity (Wildman–Crippen MR) is 111 cm³/mol. The van der Waals surface area contributed by atoms with Gasteiger partial charge in [-0.1, -0.05) is 17.7 Å². The Kier molecular flexibility index (Phi) is 7.23. The van der Waals surface area contributed by atoms with E-state index < -0.39 is 30.2 Å². The van der Waals surface area contributed by atoms with Gasteiger partial charge in [-0.15, -0.1) is 0 Å². The predicted octanol–water partition coefficient (Wildman–Crippen LogP) is 4.79. The largest absolute Gasteiger partial charge is 0.452 e. The molecule has 0 atom stereocenters. The number of esters is 1. The topological polar surface area (TPSA) is 93.7 Å². The summed E-state index contributed by atoms with van der Waals surface area (Å²) in [7, 11) is 0. The van der Waals surface area contributed by atoms with Gasteiger partial charge in [0.05, 0.1) is 5.56 Å². The lowest BCUT2D eigenvalue weighted by Crippen LogP contribution is -2.27. The highest BCUT2D eigenvalue weighted by Gasteiger charge is 2.17. The highest BCUT2D eigenvalue weighted by atomic mass is 35.5. The van der Waals surface area contributed by atoms with Crippen LogP contribution in [0.2, 0.25) is 5.02 Å². The van der Waals surface area contributed by atoms with Gasteiger partial charge in [-0.05, 0) is 69.7 Å². The van der Waals surface area contributed by atoms with E-state index >= 15 is 0 Å². The Bertz CT molecular complexity index is 922. The zero-order valence-electron chi connectivity index (χ0n) is 16.7. The number of rotatable bonds is 5. The molecule has 0 fully saturated rings. The number of carbonyl (C=O) groups excluding carboxylic acids is 3. The summed E-state index contributed by atoms with van der Waals surface area (Å²) in [4.78, 5) is 36.1. The van der Waals surface area contributed by atoms with Crippen LogP contribution in [-0.4, -0.2) is 30.2 Å². The van der Waals surface area contributed by atoms with Crippen molar-refractivity contribution in [3.05, 3.63) is 58.6 Å². The number of halogens is 1. The highest BCUT2D eigenvalue weighted by molar-refractivity contribution is 6.30. The van der Waals surface area contributed by atoms with E-state index in [-0.39, 0.29) is 5.56 Å². The zero-order valence-corrected chi connectivity index (χ0v) is 17.4. The van der Waals surface area contributed by atoms with Crippen LogP contribution >= 0.6 is 11.6 Å². The first-order chi connectivity index (χ1) is 13.5. The number of ether oxygens (including phenoxy) is 2. The van der Waals surface area contributed by atoms with E-state index in [4.69, 9.17) is 21.1 Å². The van der Waals surface area contributed by atoms with Crippen LogP contribution < -0.4 is 10.6 Å². The smallest absolute Gasteiger partial charge is 0.412 e. The van der Waals surface area contributed by atoms with Crippen molar-refractivity contribution in [2.24, 2.45) is 0 Å².